The van der Waals surface area contributed by atoms with E-state index in [0.29, 0.717) is 0 Å². The summed E-state index contributed by atoms with van der Waals surface area (Å²) in [4.78, 5) is 0. The van der Waals surface area contributed by atoms with Crippen LogP contribution in [0, 0.1) is 0 Å². The lowest BCUT2D eigenvalue weighted by atomic mass is 9.77. The first kappa shape index (κ1) is 17.0. The van der Waals surface area contributed by atoms with Gasteiger partial charge in [-0.2, -0.15) is 0 Å². The van der Waals surface area contributed by atoms with Crippen molar-refractivity contribution in [2.75, 3.05) is 5.32 Å². The molecular weight excluding hydrogens is 302 g/mol. The van der Waals surface area contributed by atoms with E-state index < -0.39 is 0 Å². The molecule has 0 aliphatic heterocycles. The van der Waals surface area contributed by atoms with Gasteiger partial charge in [0.25, 0.3) is 0 Å². The molecule has 0 aromatic heterocycles. The molecule has 0 atom stereocenters. The summed E-state index contributed by atoms with van der Waals surface area (Å²) < 4.78 is 0. The van der Waals surface area contributed by atoms with Crippen molar-refractivity contribution in [1.29, 1.82) is 0 Å². The predicted molar refractivity (Wildman–Crippen MR) is 109 cm³/mol. The second kappa shape index (κ2) is 6.98. The average molecular weight is 327 g/mol. The first-order chi connectivity index (χ1) is 12.0. The molecule has 0 unspecified atom stereocenters. The Morgan fingerprint density at radius 3 is 2.04 bits per heavy atom. The highest BCUT2D eigenvalue weighted by Crippen LogP contribution is 2.37. The minimum absolute atomic E-state index is 0.105. The summed E-state index contributed by atoms with van der Waals surface area (Å²) in [5, 5.41) is 3.56. The number of allylic oxidation sites excluding steroid dienone is 1. The summed E-state index contributed by atoms with van der Waals surface area (Å²) in [6.45, 7) is 10.6. The number of para-hydroxylation sites is 2. The number of benzene rings is 3. The van der Waals surface area contributed by atoms with Crippen molar-refractivity contribution in [3.8, 4) is 0 Å². The SMILES string of the molecule is C=C(C)c1ccc(C(C)(C)c2ccccc2Nc2ccccc2)cc1. The van der Waals surface area contributed by atoms with Gasteiger partial charge in [-0.15, -0.1) is 0 Å². The lowest BCUT2D eigenvalue weighted by molar-refractivity contribution is 0.643. The van der Waals surface area contributed by atoms with Crippen LogP contribution in [0.5, 0.6) is 0 Å². The minimum Gasteiger partial charge on any atom is -0.355 e. The van der Waals surface area contributed by atoms with E-state index in [1.165, 1.54) is 16.7 Å². The Balaban J connectivity index is 1.98. The van der Waals surface area contributed by atoms with Gasteiger partial charge >= 0.3 is 0 Å². The molecule has 1 N–H and O–H groups in total. The van der Waals surface area contributed by atoms with Crippen LogP contribution in [0.3, 0.4) is 0 Å². The summed E-state index contributed by atoms with van der Waals surface area (Å²) >= 11 is 0. The third-order valence-corrected chi connectivity index (χ3v) is 4.75. The molecule has 0 heterocycles. The van der Waals surface area contributed by atoms with Crippen molar-refractivity contribution in [1.82, 2.24) is 0 Å². The zero-order chi connectivity index (χ0) is 17.9. The first-order valence-electron chi connectivity index (χ1n) is 8.66. The molecule has 0 aliphatic carbocycles. The Kier molecular flexibility index (Phi) is 4.76. The maximum atomic E-state index is 4.03. The number of hydrogen-bond acceptors (Lipinski definition) is 1. The molecule has 1 nitrogen and oxygen atoms in total. The van der Waals surface area contributed by atoms with Crippen LogP contribution in [-0.4, -0.2) is 0 Å². The van der Waals surface area contributed by atoms with Crippen molar-refractivity contribution < 1.29 is 0 Å². The maximum Gasteiger partial charge on any atom is 0.0425 e. The van der Waals surface area contributed by atoms with Gasteiger partial charge in [0.05, 0.1) is 0 Å². The van der Waals surface area contributed by atoms with Gasteiger partial charge in [-0.1, -0.05) is 86.7 Å². The van der Waals surface area contributed by atoms with Crippen molar-refractivity contribution >= 4 is 16.9 Å². The molecule has 0 fully saturated rings. The molecule has 0 bridgehead atoms. The molecule has 1 heteroatoms. The fraction of sp³-hybridized carbons (Fsp3) is 0.167. The van der Waals surface area contributed by atoms with Gasteiger partial charge < -0.3 is 5.32 Å². The number of rotatable bonds is 5. The Hall–Kier alpha value is -2.80. The lowest BCUT2D eigenvalue weighted by Gasteiger charge is -2.29. The van der Waals surface area contributed by atoms with E-state index in [0.717, 1.165) is 16.9 Å². The average Bonchev–Trinajstić information content (AvgIpc) is 2.63. The highest BCUT2D eigenvalue weighted by molar-refractivity contribution is 5.67. The molecule has 0 radical (unpaired) electrons. The van der Waals surface area contributed by atoms with E-state index in [1.54, 1.807) is 0 Å². The van der Waals surface area contributed by atoms with E-state index in [4.69, 9.17) is 0 Å². The fourth-order valence-electron chi connectivity index (χ4n) is 3.14. The molecule has 0 spiro atoms. The van der Waals surface area contributed by atoms with Crippen LogP contribution in [0.4, 0.5) is 11.4 Å². The number of nitrogens with one attached hydrogen (secondary N) is 1. The standard InChI is InChI=1S/C24H25N/c1-18(2)19-14-16-20(17-15-19)24(3,4)22-12-8-9-13-23(22)25-21-10-6-5-7-11-21/h5-17,25H,1H2,2-4H3. The van der Waals surface area contributed by atoms with Crippen molar-refractivity contribution in [2.24, 2.45) is 0 Å². The summed E-state index contributed by atoms with van der Waals surface area (Å²) in [5.74, 6) is 0. The first-order valence-corrected chi connectivity index (χ1v) is 8.66. The molecule has 3 rings (SSSR count). The zero-order valence-corrected chi connectivity index (χ0v) is 15.2. The Bertz CT molecular complexity index is 858. The van der Waals surface area contributed by atoms with Gasteiger partial charge in [-0.3, -0.25) is 0 Å². The van der Waals surface area contributed by atoms with Crippen molar-refractivity contribution in [3.63, 3.8) is 0 Å². The van der Waals surface area contributed by atoms with E-state index in [1.807, 2.05) is 25.1 Å². The lowest BCUT2D eigenvalue weighted by Crippen LogP contribution is -2.20. The predicted octanol–water partition coefficient (Wildman–Crippen LogP) is 6.79. The van der Waals surface area contributed by atoms with E-state index >= 15 is 0 Å². The summed E-state index contributed by atoms with van der Waals surface area (Å²) in [6, 6.07) is 27.6. The monoisotopic (exact) mass is 327 g/mol. The largest absolute Gasteiger partial charge is 0.355 e. The highest BCUT2D eigenvalue weighted by atomic mass is 14.9. The molecule has 0 amide bonds. The van der Waals surface area contributed by atoms with Gasteiger partial charge in [-0.25, -0.2) is 0 Å². The van der Waals surface area contributed by atoms with Crippen LogP contribution in [0.1, 0.15) is 37.5 Å². The van der Waals surface area contributed by atoms with Gasteiger partial charge in [0.2, 0.25) is 0 Å². The summed E-state index contributed by atoms with van der Waals surface area (Å²) in [5.41, 5.74) is 6.99. The van der Waals surface area contributed by atoms with E-state index in [9.17, 15) is 0 Å². The van der Waals surface area contributed by atoms with E-state index in [-0.39, 0.29) is 5.41 Å². The number of hydrogen-bond donors (Lipinski definition) is 1. The molecule has 126 valence electrons. The van der Waals surface area contributed by atoms with Crippen LogP contribution in [0.25, 0.3) is 5.57 Å². The Morgan fingerprint density at radius 1 is 0.800 bits per heavy atom. The second-order valence-corrected chi connectivity index (χ2v) is 7.02. The molecule has 0 saturated heterocycles. The Morgan fingerprint density at radius 2 is 1.40 bits per heavy atom. The van der Waals surface area contributed by atoms with Gasteiger partial charge in [0, 0.05) is 16.8 Å². The minimum atomic E-state index is -0.105. The van der Waals surface area contributed by atoms with Crippen LogP contribution >= 0.6 is 0 Å². The van der Waals surface area contributed by atoms with Crippen LogP contribution in [-0.2, 0) is 5.41 Å². The molecule has 3 aromatic carbocycles. The van der Waals surface area contributed by atoms with Gasteiger partial charge in [0.1, 0.15) is 0 Å². The third kappa shape index (κ3) is 3.66. The quantitative estimate of drug-likeness (QED) is 0.544. The topological polar surface area (TPSA) is 12.0 Å². The molecular formula is C24H25N. The maximum absolute atomic E-state index is 4.03. The summed E-state index contributed by atoms with van der Waals surface area (Å²) in [6.07, 6.45) is 0. The third-order valence-electron chi connectivity index (χ3n) is 4.75. The fourth-order valence-corrected chi connectivity index (χ4v) is 3.14. The van der Waals surface area contributed by atoms with Gasteiger partial charge in [-0.05, 0) is 41.8 Å². The summed E-state index contributed by atoms with van der Waals surface area (Å²) in [7, 11) is 0. The van der Waals surface area contributed by atoms with Crippen LogP contribution < -0.4 is 5.32 Å². The normalized spacial score (nSPS) is 11.2. The Labute approximate surface area is 151 Å². The molecule has 0 saturated carbocycles. The second-order valence-electron chi connectivity index (χ2n) is 7.02. The number of anilines is 2. The highest BCUT2D eigenvalue weighted by Gasteiger charge is 2.25. The van der Waals surface area contributed by atoms with Crippen LogP contribution in [0.2, 0.25) is 0 Å². The van der Waals surface area contributed by atoms with Crippen LogP contribution in [0.15, 0.2) is 85.4 Å². The van der Waals surface area contributed by atoms with Gasteiger partial charge in [0.15, 0.2) is 0 Å². The van der Waals surface area contributed by atoms with E-state index in [2.05, 4.69) is 86.4 Å². The molecule has 3 aromatic rings. The molecule has 25 heavy (non-hydrogen) atoms. The van der Waals surface area contributed by atoms with Crippen molar-refractivity contribution in [3.05, 3.63) is 102 Å². The zero-order valence-electron chi connectivity index (χ0n) is 15.2. The molecule has 0 aliphatic rings. The smallest absolute Gasteiger partial charge is 0.0425 e. The van der Waals surface area contributed by atoms with Crippen molar-refractivity contribution in [2.45, 2.75) is 26.2 Å².